The van der Waals surface area contributed by atoms with E-state index in [1.807, 2.05) is 18.2 Å². The third-order valence-corrected chi connectivity index (χ3v) is 3.10. The van der Waals surface area contributed by atoms with Crippen molar-refractivity contribution in [2.75, 3.05) is 19.1 Å². The number of rotatable bonds is 7. The molecule has 1 heterocycles. The predicted molar refractivity (Wildman–Crippen MR) is 90.6 cm³/mol. The molecule has 0 atom stereocenters. The number of nitrogens with one attached hydrogen (secondary N) is 2. The second-order valence-corrected chi connectivity index (χ2v) is 4.74. The van der Waals surface area contributed by atoms with Crippen LogP contribution >= 0.6 is 0 Å². The molecule has 0 spiro atoms. The van der Waals surface area contributed by atoms with E-state index >= 15 is 0 Å². The zero-order chi connectivity index (χ0) is 17.2. The van der Waals surface area contributed by atoms with E-state index in [0.29, 0.717) is 24.4 Å². The molecule has 7 heteroatoms. The Labute approximate surface area is 140 Å². The van der Waals surface area contributed by atoms with Crippen LogP contribution in [0.5, 0.6) is 5.75 Å². The average Bonchev–Trinajstić information content (AvgIpc) is 2.63. The first-order valence-corrected chi connectivity index (χ1v) is 7.29. The quantitative estimate of drug-likeness (QED) is 0.597. The zero-order valence-electron chi connectivity index (χ0n) is 13.2. The van der Waals surface area contributed by atoms with Gasteiger partial charge in [0, 0.05) is 24.9 Å². The highest BCUT2D eigenvalue weighted by molar-refractivity contribution is 6.45. The third-order valence-electron chi connectivity index (χ3n) is 3.10. The largest absolute Gasteiger partial charge is 0.497 e. The smallest absolute Gasteiger partial charge is 0.282 e. The first kappa shape index (κ1) is 17.0. The number of nitrogens with zero attached hydrogens (tertiary/aromatic N) is 3. The van der Waals surface area contributed by atoms with Crippen LogP contribution < -0.4 is 15.5 Å². The Hall–Kier alpha value is -3.40. The van der Waals surface area contributed by atoms with Gasteiger partial charge in [0.1, 0.15) is 11.8 Å². The highest BCUT2D eigenvalue weighted by atomic mass is 16.5. The van der Waals surface area contributed by atoms with Crippen molar-refractivity contribution in [2.24, 2.45) is 5.10 Å². The fourth-order valence-corrected chi connectivity index (χ4v) is 1.85. The number of hydrogen-bond acceptors (Lipinski definition) is 6. The van der Waals surface area contributed by atoms with Gasteiger partial charge >= 0.3 is 0 Å². The fraction of sp³-hybridized carbons (Fsp3) is 0.176. The first-order chi connectivity index (χ1) is 11.7. The molecule has 7 nitrogen and oxygen atoms in total. The highest BCUT2D eigenvalue weighted by Gasteiger charge is 2.10. The molecule has 1 aromatic heterocycles. The van der Waals surface area contributed by atoms with Crippen molar-refractivity contribution in [1.82, 2.24) is 10.3 Å². The molecule has 0 saturated carbocycles. The number of anilines is 1. The van der Waals surface area contributed by atoms with Crippen molar-refractivity contribution >= 4 is 17.3 Å². The Balaban J connectivity index is 1.87. The number of hydrogen-bond donors (Lipinski definition) is 2. The van der Waals surface area contributed by atoms with Gasteiger partial charge in [0.15, 0.2) is 0 Å². The molecule has 0 fully saturated rings. The number of benzene rings is 1. The molecule has 1 aromatic carbocycles. The standard InChI is InChI=1S/C17H17N5O2/c1-24-15-7-5-14(6-8-15)21-22-16(12-18)17(23)20-11-9-13-4-2-3-10-19-13/h2-8,10,21H,9,11H2,1H3,(H,20,23)/b22-16+. The average molecular weight is 323 g/mol. The molecule has 122 valence electrons. The molecule has 2 rings (SSSR count). The van der Waals surface area contributed by atoms with E-state index in [2.05, 4.69) is 20.8 Å². The molecule has 0 aliphatic carbocycles. The lowest BCUT2D eigenvalue weighted by atomic mass is 10.2. The van der Waals surface area contributed by atoms with Gasteiger partial charge in [-0.25, -0.2) is 0 Å². The Morgan fingerprint density at radius 3 is 2.71 bits per heavy atom. The molecular formula is C17H17N5O2. The lowest BCUT2D eigenvalue weighted by Gasteiger charge is -2.05. The van der Waals surface area contributed by atoms with E-state index in [0.717, 1.165) is 5.69 Å². The van der Waals surface area contributed by atoms with Crippen molar-refractivity contribution in [1.29, 1.82) is 5.26 Å². The highest BCUT2D eigenvalue weighted by Crippen LogP contribution is 2.14. The van der Waals surface area contributed by atoms with E-state index < -0.39 is 5.91 Å². The normalized spacial score (nSPS) is 10.6. The van der Waals surface area contributed by atoms with Gasteiger partial charge in [0.05, 0.1) is 12.8 Å². The Morgan fingerprint density at radius 2 is 2.08 bits per heavy atom. The zero-order valence-corrected chi connectivity index (χ0v) is 13.2. The summed E-state index contributed by atoms with van der Waals surface area (Å²) in [6, 6.07) is 14.3. The third kappa shape index (κ3) is 5.10. The lowest BCUT2D eigenvalue weighted by molar-refractivity contribution is -0.114. The van der Waals surface area contributed by atoms with Crippen LogP contribution in [0.3, 0.4) is 0 Å². The molecular weight excluding hydrogens is 306 g/mol. The van der Waals surface area contributed by atoms with Crippen LogP contribution in [0, 0.1) is 11.3 Å². The summed E-state index contributed by atoms with van der Waals surface area (Å²) in [7, 11) is 1.57. The summed E-state index contributed by atoms with van der Waals surface area (Å²) in [4.78, 5) is 16.1. The van der Waals surface area contributed by atoms with Crippen LogP contribution in [0.4, 0.5) is 5.69 Å². The number of carbonyl (C=O) groups excluding carboxylic acids is 1. The Bertz CT molecular complexity index is 736. The topological polar surface area (TPSA) is 99.4 Å². The SMILES string of the molecule is COc1ccc(N/N=C(\C#N)C(=O)NCCc2ccccn2)cc1. The number of methoxy groups -OCH3 is 1. The molecule has 0 saturated heterocycles. The minimum atomic E-state index is -0.533. The summed E-state index contributed by atoms with van der Waals surface area (Å²) in [6.45, 7) is 0.374. The fourth-order valence-electron chi connectivity index (χ4n) is 1.85. The molecule has 0 aliphatic heterocycles. The lowest BCUT2D eigenvalue weighted by Crippen LogP contribution is -2.32. The predicted octanol–water partition coefficient (Wildman–Crippen LogP) is 1.74. The van der Waals surface area contributed by atoms with Crippen molar-refractivity contribution in [3.05, 3.63) is 54.4 Å². The monoisotopic (exact) mass is 323 g/mol. The molecule has 24 heavy (non-hydrogen) atoms. The number of pyridine rings is 1. The van der Waals surface area contributed by atoms with Gasteiger partial charge in [0.2, 0.25) is 5.71 Å². The number of carbonyl (C=O) groups is 1. The number of nitriles is 1. The number of ether oxygens (including phenoxy) is 1. The molecule has 0 unspecified atom stereocenters. The summed E-state index contributed by atoms with van der Waals surface area (Å²) in [6.07, 6.45) is 2.27. The van der Waals surface area contributed by atoms with Gasteiger partial charge in [-0.15, -0.1) is 0 Å². The minimum absolute atomic E-state index is 0.244. The molecule has 1 amide bonds. The van der Waals surface area contributed by atoms with Crippen LogP contribution in [0.2, 0.25) is 0 Å². The van der Waals surface area contributed by atoms with E-state index in [1.165, 1.54) is 0 Å². The maximum absolute atomic E-state index is 11.9. The van der Waals surface area contributed by atoms with Crippen LogP contribution in [0.25, 0.3) is 0 Å². The Kier molecular flexibility index (Phi) is 6.29. The van der Waals surface area contributed by atoms with E-state index in [4.69, 9.17) is 10.00 Å². The van der Waals surface area contributed by atoms with Crippen molar-refractivity contribution in [3.8, 4) is 11.8 Å². The van der Waals surface area contributed by atoms with Gasteiger partial charge < -0.3 is 10.1 Å². The molecule has 0 aliphatic rings. The summed E-state index contributed by atoms with van der Waals surface area (Å²) in [5.41, 5.74) is 3.94. The van der Waals surface area contributed by atoms with Gasteiger partial charge in [-0.1, -0.05) is 6.07 Å². The number of amides is 1. The molecule has 0 radical (unpaired) electrons. The summed E-state index contributed by atoms with van der Waals surface area (Å²) < 4.78 is 5.05. The van der Waals surface area contributed by atoms with Gasteiger partial charge in [-0.2, -0.15) is 10.4 Å². The maximum atomic E-state index is 11.9. The van der Waals surface area contributed by atoms with Gasteiger partial charge in [-0.05, 0) is 36.4 Å². The van der Waals surface area contributed by atoms with Gasteiger partial charge in [-0.3, -0.25) is 15.2 Å². The van der Waals surface area contributed by atoms with Crippen LogP contribution in [0.15, 0.2) is 53.8 Å². The summed E-state index contributed by atoms with van der Waals surface area (Å²) >= 11 is 0. The summed E-state index contributed by atoms with van der Waals surface area (Å²) in [5.74, 6) is 0.173. The Morgan fingerprint density at radius 1 is 1.29 bits per heavy atom. The minimum Gasteiger partial charge on any atom is -0.497 e. The van der Waals surface area contributed by atoms with E-state index in [9.17, 15) is 4.79 Å². The van der Waals surface area contributed by atoms with Crippen LogP contribution in [-0.2, 0) is 11.2 Å². The van der Waals surface area contributed by atoms with Crippen LogP contribution in [-0.4, -0.2) is 30.3 Å². The molecule has 2 aromatic rings. The van der Waals surface area contributed by atoms with Gasteiger partial charge in [0.25, 0.3) is 5.91 Å². The maximum Gasteiger partial charge on any atom is 0.282 e. The summed E-state index contributed by atoms with van der Waals surface area (Å²) in [5, 5.41) is 15.5. The van der Waals surface area contributed by atoms with Crippen molar-refractivity contribution in [3.63, 3.8) is 0 Å². The van der Waals surface area contributed by atoms with Crippen molar-refractivity contribution in [2.45, 2.75) is 6.42 Å². The van der Waals surface area contributed by atoms with E-state index in [-0.39, 0.29) is 5.71 Å². The molecule has 0 bridgehead atoms. The second kappa shape index (κ2) is 8.90. The molecule has 2 N–H and O–H groups in total. The second-order valence-electron chi connectivity index (χ2n) is 4.74. The van der Waals surface area contributed by atoms with E-state index in [1.54, 1.807) is 43.6 Å². The number of aromatic nitrogens is 1. The van der Waals surface area contributed by atoms with Crippen LogP contribution in [0.1, 0.15) is 5.69 Å². The number of hydrazone groups is 1. The first-order valence-electron chi connectivity index (χ1n) is 7.29. The van der Waals surface area contributed by atoms with Crippen molar-refractivity contribution < 1.29 is 9.53 Å².